The van der Waals surface area contributed by atoms with Crippen molar-refractivity contribution in [3.63, 3.8) is 0 Å². The van der Waals surface area contributed by atoms with Crippen molar-refractivity contribution in [1.29, 1.82) is 0 Å². The highest BCUT2D eigenvalue weighted by atomic mass is 16.5. The lowest BCUT2D eigenvalue weighted by atomic mass is 10.0. The van der Waals surface area contributed by atoms with Gasteiger partial charge in [-0.2, -0.15) is 0 Å². The second kappa shape index (κ2) is 3.99. The van der Waals surface area contributed by atoms with Gasteiger partial charge in [0.15, 0.2) is 11.6 Å². The third-order valence-electron chi connectivity index (χ3n) is 3.19. The Morgan fingerprint density at radius 2 is 2.33 bits per heavy atom. The number of aromatic hydroxyl groups is 1. The van der Waals surface area contributed by atoms with E-state index in [0.29, 0.717) is 11.3 Å². The Morgan fingerprint density at radius 1 is 1.56 bits per heavy atom. The van der Waals surface area contributed by atoms with Gasteiger partial charge in [0, 0.05) is 19.0 Å². The molecule has 0 amide bonds. The molecular formula is C12H13N3O3. The molecule has 0 unspecified atom stereocenters. The summed E-state index contributed by atoms with van der Waals surface area (Å²) in [6.45, 7) is 1.60. The molecule has 1 fully saturated rings. The number of methoxy groups -OCH3 is 1. The van der Waals surface area contributed by atoms with Crippen molar-refractivity contribution >= 4 is 11.5 Å². The van der Waals surface area contributed by atoms with Gasteiger partial charge in [0.25, 0.3) is 0 Å². The highest BCUT2D eigenvalue weighted by molar-refractivity contribution is 5.95. The number of carbonyl (C=O) groups excluding carboxylic acids is 1. The number of rotatable bonds is 2. The van der Waals surface area contributed by atoms with Gasteiger partial charge in [0.2, 0.25) is 0 Å². The van der Waals surface area contributed by atoms with Gasteiger partial charge in [-0.3, -0.25) is 4.40 Å². The number of nitrogens with zero attached hydrogens (tertiary/aromatic N) is 2. The highest BCUT2D eigenvalue weighted by Crippen LogP contribution is 2.27. The zero-order valence-electron chi connectivity index (χ0n) is 9.88. The number of aromatic nitrogens is 2. The van der Waals surface area contributed by atoms with E-state index < -0.39 is 5.97 Å². The molecule has 3 rings (SSSR count). The molecule has 1 aliphatic heterocycles. The van der Waals surface area contributed by atoms with E-state index in [9.17, 15) is 9.90 Å². The topological polar surface area (TPSA) is 75.9 Å². The molecule has 2 N–H and O–H groups in total. The van der Waals surface area contributed by atoms with Gasteiger partial charge in [-0.1, -0.05) is 6.07 Å². The summed E-state index contributed by atoms with van der Waals surface area (Å²) in [5.41, 5.74) is 0.819. The smallest absolute Gasteiger partial charge is 0.358 e. The molecule has 0 bridgehead atoms. The van der Waals surface area contributed by atoms with Crippen LogP contribution in [0.2, 0.25) is 0 Å². The quantitative estimate of drug-likeness (QED) is 0.756. The first-order valence-corrected chi connectivity index (χ1v) is 5.71. The predicted molar refractivity (Wildman–Crippen MR) is 63.8 cm³/mol. The third kappa shape index (κ3) is 1.46. The summed E-state index contributed by atoms with van der Waals surface area (Å²) in [4.78, 5) is 16.0. The van der Waals surface area contributed by atoms with Crippen LogP contribution in [0.1, 0.15) is 22.2 Å². The van der Waals surface area contributed by atoms with Crippen LogP contribution in [0.4, 0.5) is 0 Å². The molecule has 1 saturated heterocycles. The lowest BCUT2D eigenvalue weighted by Gasteiger charge is -2.25. The normalized spacial score (nSPS) is 15.6. The molecule has 0 atom stereocenters. The average molecular weight is 247 g/mol. The monoisotopic (exact) mass is 247 g/mol. The molecule has 0 saturated carbocycles. The maximum absolute atomic E-state index is 11.7. The maximum atomic E-state index is 11.7. The second-order valence-corrected chi connectivity index (χ2v) is 4.27. The number of carbonyl (C=O) groups is 1. The Balaban J connectivity index is 2.25. The Labute approximate surface area is 103 Å². The van der Waals surface area contributed by atoms with Crippen LogP contribution >= 0.6 is 0 Å². The van der Waals surface area contributed by atoms with Crippen molar-refractivity contribution in [3.05, 3.63) is 29.7 Å². The lowest BCUT2D eigenvalue weighted by Crippen LogP contribution is -2.40. The van der Waals surface area contributed by atoms with E-state index >= 15 is 0 Å². The van der Waals surface area contributed by atoms with Crippen LogP contribution in [0.3, 0.4) is 0 Å². The molecule has 0 spiro atoms. The Hall–Kier alpha value is -2.08. The first-order chi connectivity index (χ1) is 8.72. The van der Waals surface area contributed by atoms with E-state index in [0.717, 1.165) is 13.1 Å². The third-order valence-corrected chi connectivity index (χ3v) is 3.19. The van der Waals surface area contributed by atoms with Crippen molar-refractivity contribution < 1.29 is 14.6 Å². The fourth-order valence-corrected chi connectivity index (χ4v) is 2.14. The van der Waals surface area contributed by atoms with Crippen LogP contribution in [0.15, 0.2) is 18.2 Å². The molecule has 0 aromatic carbocycles. The number of nitrogens with one attached hydrogen (secondary N) is 1. The number of esters is 1. The van der Waals surface area contributed by atoms with Crippen molar-refractivity contribution in [2.24, 2.45) is 0 Å². The second-order valence-electron chi connectivity index (χ2n) is 4.27. The molecule has 2 aromatic heterocycles. The van der Waals surface area contributed by atoms with Gasteiger partial charge >= 0.3 is 5.97 Å². The molecular weight excluding hydrogens is 234 g/mol. The highest BCUT2D eigenvalue weighted by Gasteiger charge is 2.28. The fourth-order valence-electron chi connectivity index (χ4n) is 2.14. The standard InChI is InChI=1S/C12H13N3O3/c1-18-12(17)10-8-3-2-4-9(16)15(8)11(14-10)7-5-13-6-7/h2-4,7,13,16H,5-6H2,1H3. The Morgan fingerprint density at radius 3 is 2.94 bits per heavy atom. The first kappa shape index (κ1) is 11.0. The van der Waals surface area contributed by atoms with E-state index in [1.165, 1.54) is 7.11 Å². The molecule has 18 heavy (non-hydrogen) atoms. The first-order valence-electron chi connectivity index (χ1n) is 5.71. The summed E-state index contributed by atoms with van der Waals surface area (Å²) >= 11 is 0. The van der Waals surface area contributed by atoms with Gasteiger partial charge < -0.3 is 15.2 Å². The van der Waals surface area contributed by atoms with Gasteiger partial charge in [-0.05, 0) is 12.1 Å². The molecule has 1 aliphatic rings. The Kier molecular flexibility index (Phi) is 2.45. The number of hydrogen-bond acceptors (Lipinski definition) is 5. The summed E-state index contributed by atoms with van der Waals surface area (Å²) in [7, 11) is 1.32. The van der Waals surface area contributed by atoms with Crippen LogP contribution in [0.5, 0.6) is 5.88 Å². The summed E-state index contributed by atoms with van der Waals surface area (Å²) in [6, 6.07) is 5.00. The number of ether oxygens (including phenoxy) is 1. The Bertz CT molecular complexity index is 616. The predicted octanol–water partition coefficient (Wildman–Crippen LogP) is 0.513. The summed E-state index contributed by atoms with van der Waals surface area (Å²) in [6.07, 6.45) is 0. The van der Waals surface area contributed by atoms with Crippen molar-refractivity contribution in [2.75, 3.05) is 20.2 Å². The van der Waals surface area contributed by atoms with E-state index in [1.54, 1.807) is 22.6 Å². The molecule has 3 heterocycles. The maximum Gasteiger partial charge on any atom is 0.358 e. The summed E-state index contributed by atoms with van der Waals surface area (Å²) in [5, 5.41) is 13.1. The molecule has 0 radical (unpaired) electrons. The minimum atomic E-state index is -0.489. The number of imidazole rings is 1. The SMILES string of the molecule is COC(=O)c1nc(C2CNC2)n2c(O)cccc12. The molecule has 6 nitrogen and oxygen atoms in total. The summed E-state index contributed by atoms with van der Waals surface area (Å²) < 4.78 is 6.33. The average Bonchev–Trinajstić information content (AvgIpc) is 2.67. The van der Waals surface area contributed by atoms with Gasteiger partial charge in [0.1, 0.15) is 5.82 Å². The molecule has 6 heteroatoms. The van der Waals surface area contributed by atoms with Crippen LogP contribution in [-0.2, 0) is 4.74 Å². The zero-order chi connectivity index (χ0) is 12.7. The van der Waals surface area contributed by atoms with Crippen LogP contribution in [-0.4, -0.2) is 40.7 Å². The van der Waals surface area contributed by atoms with Crippen molar-refractivity contribution in [2.45, 2.75) is 5.92 Å². The molecule has 2 aromatic rings. The fraction of sp³-hybridized carbons (Fsp3) is 0.333. The minimum Gasteiger partial charge on any atom is -0.494 e. The molecule has 94 valence electrons. The van der Waals surface area contributed by atoms with E-state index in [-0.39, 0.29) is 17.5 Å². The summed E-state index contributed by atoms with van der Waals surface area (Å²) in [5.74, 6) is 0.500. The zero-order valence-corrected chi connectivity index (χ0v) is 9.88. The van der Waals surface area contributed by atoms with Crippen molar-refractivity contribution in [3.8, 4) is 5.88 Å². The van der Waals surface area contributed by atoms with Gasteiger partial charge in [-0.15, -0.1) is 0 Å². The van der Waals surface area contributed by atoms with Crippen LogP contribution < -0.4 is 5.32 Å². The number of hydrogen-bond donors (Lipinski definition) is 2. The minimum absolute atomic E-state index is 0.0806. The van der Waals surface area contributed by atoms with Crippen LogP contribution in [0, 0.1) is 0 Å². The van der Waals surface area contributed by atoms with E-state index in [4.69, 9.17) is 4.74 Å². The van der Waals surface area contributed by atoms with E-state index in [1.807, 2.05) is 0 Å². The number of pyridine rings is 1. The van der Waals surface area contributed by atoms with Gasteiger partial charge in [0.05, 0.1) is 12.6 Å². The largest absolute Gasteiger partial charge is 0.494 e. The number of fused-ring (bicyclic) bond motifs is 1. The van der Waals surface area contributed by atoms with Crippen molar-refractivity contribution in [1.82, 2.24) is 14.7 Å². The van der Waals surface area contributed by atoms with Gasteiger partial charge in [-0.25, -0.2) is 9.78 Å². The molecule has 0 aliphatic carbocycles. The lowest BCUT2D eigenvalue weighted by molar-refractivity contribution is 0.0596. The van der Waals surface area contributed by atoms with Crippen LogP contribution in [0.25, 0.3) is 5.52 Å². The van der Waals surface area contributed by atoms with E-state index in [2.05, 4.69) is 10.3 Å².